The van der Waals surface area contributed by atoms with Crippen LogP contribution >= 0.6 is 0 Å². The molecular formula is C49H30N4. The van der Waals surface area contributed by atoms with E-state index in [-0.39, 0.29) is 0 Å². The zero-order chi connectivity index (χ0) is 34.9. The maximum Gasteiger partial charge on any atom is 0.164 e. The van der Waals surface area contributed by atoms with Crippen molar-refractivity contribution < 1.29 is 0 Å². The molecule has 0 saturated heterocycles. The summed E-state index contributed by atoms with van der Waals surface area (Å²) in [6.45, 7) is 0. The van der Waals surface area contributed by atoms with E-state index in [1.54, 1.807) is 0 Å². The van der Waals surface area contributed by atoms with Crippen LogP contribution in [0.5, 0.6) is 0 Å². The molecule has 0 unspecified atom stereocenters. The SMILES string of the molecule is c1ccc(-c2nc(-c3ccc4ccc5c6ccccc6ccc5c4c3)nc(-c3cccc4cc(-n5c6ccccc6c6ccccc65)ccc34)n2)cc1. The number of hydrogen-bond donors (Lipinski definition) is 0. The second kappa shape index (κ2) is 11.7. The summed E-state index contributed by atoms with van der Waals surface area (Å²) in [5.41, 5.74) is 6.36. The summed E-state index contributed by atoms with van der Waals surface area (Å²) in [5.74, 6) is 1.94. The second-order valence-electron chi connectivity index (χ2n) is 13.6. The number of hydrogen-bond acceptors (Lipinski definition) is 3. The van der Waals surface area contributed by atoms with Crippen LogP contribution in [-0.4, -0.2) is 19.5 Å². The Labute approximate surface area is 305 Å². The van der Waals surface area contributed by atoms with Gasteiger partial charge in [0.2, 0.25) is 0 Å². The summed E-state index contributed by atoms with van der Waals surface area (Å²) in [5, 5.41) is 12.0. The van der Waals surface area contributed by atoms with E-state index in [2.05, 4.69) is 168 Å². The van der Waals surface area contributed by atoms with Crippen molar-refractivity contribution >= 4 is 64.9 Å². The van der Waals surface area contributed by atoms with Crippen molar-refractivity contribution in [2.75, 3.05) is 0 Å². The lowest BCUT2D eigenvalue weighted by Gasteiger charge is -2.13. The van der Waals surface area contributed by atoms with E-state index in [1.807, 2.05) is 18.2 Å². The molecule has 0 aliphatic rings. The summed E-state index contributed by atoms with van der Waals surface area (Å²) in [4.78, 5) is 15.4. The third-order valence-electron chi connectivity index (χ3n) is 10.6. The number of benzene rings is 9. The van der Waals surface area contributed by atoms with Gasteiger partial charge in [-0.3, -0.25) is 0 Å². The fraction of sp³-hybridized carbons (Fsp3) is 0. The predicted molar refractivity (Wildman–Crippen MR) is 220 cm³/mol. The summed E-state index contributed by atoms with van der Waals surface area (Å²) in [7, 11) is 0. The third kappa shape index (κ3) is 4.73. The molecule has 11 aromatic rings. The van der Waals surface area contributed by atoms with Crippen LogP contribution in [-0.2, 0) is 0 Å². The second-order valence-corrected chi connectivity index (χ2v) is 13.6. The lowest BCUT2D eigenvalue weighted by atomic mass is 9.96. The molecule has 0 fully saturated rings. The normalized spacial score (nSPS) is 11.8. The number of fused-ring (bicyclic) bond motifs is 9. The fourth-order valence-corrected chi connectivity index (χ4v) is 8.10. The highest BCUT2D eigenvalue weighted by Crippen LogP contribution is 2.37. The van der Waals surface area contributed by atoms with E-state index in [0.717, 1.165) is 33.2 Å². The van der Waals surface area contributed by atoms with Crippen LogP contribution in [0.2, 0.25) is 0 Å². The first-order valence-electron chi connectivity index (χ1n) is 17.9. The number of para-hydroxylation sites is 2. The first-order chi connectivity index (χ1) is 26.3. The Morgan fingerprint density at radius 2 is 0.868 bits per heavy atom. The van der Waals surface area contributed by atoms with E-state index in [1.165, 1.54) is 54.1 Å². The Kier molecular flexibility index (Phi) is 6.52. The molecule has 0 aliphatic carbocycles. The van der Waals surface area contributed by atoms with Gasteiger partial charge >= 0.3 is 0 Å². The molecule has 53 heavy (non-hydrogen) atoms. The highest BCUT2D eigenvalue weighted by Gasteiger charge is 2.17. The van der Waals surface area contributed by atoms with Crippen molar-refractivity contribution in [2.24, 2.45) is 0 Å². The average molecular weight is 675 g/mol. The van der Waals surface area contributed by atoms with Crippen molar-refractivity contribution in [3.63, 3.8) is 0 Å². The lowest BCUT2D eigenvalue weighted by Crippen LogP contribution is -2.01. The number of rotatable bonds is 4. The number of nitrogens with zero attached hydrogens (tertiary/aromatic N) is 4. The smallest absolute Gasteiger partial charge is 0.164 e. The Morgan fingerprint density at radius 3 is 1.64 bits per heavy atom. The van der Waals surface area contributed by atoms with E-state index >= 15 is 0 Å². The topological polar surface area (TPSA) is 43.6 Å². The van der Waals surface area contributed by atoms with Crippen LogP contribution in [0.25, 0.3) is 105 Å². The Balaban J connectivity index is 1.10. The molecule has 0 spiro atoms. The first-order valence-corrected chi connectivity index (χ1v) is 17.9. The van der Waals surface area contributed by atoms with E-state index in [0.29, 0.717) is 17.5 Å². The Hall–Kier alpha value is -7.17. The molecule has 0 radical (unpaired) electrons. The maximum absolute atomic E-state index is 5.21. The van der Waals surface area contributed by atoms with Gasteiger partial charge in [-0.25, -0.2) is 15.0 Å². The molecule has 2 heterocycles. The van der Waals surface area contributed by atoms with E-state index < -0.39 is 0 Å². The molecule has 0 bridgehead atoms. The van der Waals surface area contributed by atoms with Gasteiger partial charge in [0.1, 0.15) is 0 Å². The minimum Gasteiger partial charge on any atom is -0.309 e. The summed E-state index contributed by atoms with van der Waals surface area (Å²) in [6, 6.07) is 64.6. The molecule has 0 aliphatic heterocycles. The van der Waals surface area contributed by atoms with Crippen LogP contribution in [0, 0.1) is 0 Å². The largest absolute Gasteiger partial charge is 0.309 e. The highest BCUT2D eigenvalue weighted by molar-refractivity contribution is 6.17. The first kappa shape index (κ1) is 29.5. The quantitative estimate of drug-likeness (QED) is 0.175. The van der Waals surface area contributed by atoms with Gasteiger partial charge in [-0.1, -0.05) is 152 Å². The molecule has 0 saturated carbocycles. The molecule has 246 valence electrons. The molecule has 11 rings (SSSR count). The van der Waals surface area contributed by atoms with Gasteiger partial charge in [0, 0.05) is 33.2 Å². The Morgan fingerprint density at radius 1 is 0.302 bits per heavy atom. The molecule has 4 nitrogen and oxygen atoms in total. The summed E-state index contributed by atoms with van der Waals surface area (Å²) in [6.07, 6.45) is 0. The predicted octanol–water partition coefficient (Wildman–Crippen LogP) is 12.6. The van der Waals surface area contributed by atoms with Crippen LogP contribution in [0.1, 0.15) is 0 Å². The number of aromatic nitrogens is 4. The van der Waals surface area contributed by atoms with Gasteiger partial charge in [0.15, 0.2) is 17.5 Å². The summed E-state index contributed by atoms with van der Waals surface area (Å²) < 4.78 is 2.36. The van der Waals surface area contributed by atoms with Gasteiger partial charge in [-0.2, -0.15) is 0 Å². The van der Waals surface area contributed by atoms with Crippen LogP contribution < -0.4 is 0 Å². The van der Waals surface area contributed by atoms with E-state index in [9.17, 15) is 0 Å². The van der Waals surface area contributed by atoms with Crippen molar-refractivity contribution in [1.29, 1.82) is 0 Å². The summed E-state index contributed by atoms with van der Waals surface area (Å²) >= 11 is 0. The van der Waals surface area contributed by atoms with Crippen LogP contribution in [0.15, 0.2) is 182 Å². The molecule has 0 N–H and O–H groups in total. The molecule has 4 heteroatoms. The van der Waals surface area contributed by atoms with E-state index in [4.69, 9.17) is 15.0 Å². The molecule has 0 amide bonds. The average Bonchev–Trinajstić information content (AvgIpc) is 3.57. The molecular weight excluding hydrogens is 645 g/mol. The van der Waals surface area contributed by atoms with Crippen molar-refractivity contribution in [1.82, 2.24) is 19.5 Å². The molecule has 0 atom stereocenters. The van der Waals surface area contributed by atoms with Gasteiger partial charge in [-0.05, 0) is 73.4 Å². The van der Waals surface area contributed by atoms with Crippen molar-refractivity contribution in [3.05, 3.63) is 182 Å². The van der Waals surface area contributed by atoms with Crippen molar-refractivity contribution in [2.45, 2.75) is 0 Å². The lowest BCUT2D eigenvalue weighted by molar-refractivity contribution is 1.08. The highest BCUT2D eigenvalue weighted by atomic mass is 15.0. The zero-order valence-electron chi connectivity index (χ0n) is 28.6. The van der Waals surface area contributed by atoms with Crippen LogP contribution in [0.3, 0.4) is 0 Å². The van der Waals surface area contributed by atoms with Gasteiger partial charge in [0.05, 0.1) is 11.0 Å². The van der Waals surface area contributed by atoms with Gasteiger partial charge < -0.3 is 4.57 Å². The monoisotopic (exact) mass is 674 g/mol. The Bertz CT molecular complexity index is 3180. The van der Waals surface area contributed by atoms with Gasteiger partial charge in [-0.15, -0.1) is 0 Å². The van der Waals surface area contributed by atoms with Crippen LogP contribution in [0.4, 0.5) is 0 Å². The van der Waals surface area contributed by atoms with Crippen molar-refractivity contribution in [3.8, 4) is 39.9 Å². The minimum atomic E-state index is 0.646. The molecule has 9 aromatic carbocycles. The standard InChI is InChI=1S/C49H30N4/c1-2-12-33(13-3-1)47-50-48(35-22-21-32-24-26-39-37-15-5-4-11-31(37)23-27-40(39)44(32)30-35)52-49(51-47)43-18-10-14-34-29-36(25-28-38(34)43)53-45-19-8-6-16-41(45)42-17-7-9-20-46(42)53/h1-30H. The fourth-order valence-electron chi connectivity index (χ4n) is 8.10. The van der Waals surface area contributed by atoms with Gasteiger partial charge in [0.25, 0.3) is 0 Å². The minimum absolute atomic E-state index is 0.646. The maximum atomic E-state index is 5.21. The molecule has 2 aromatic heterocycles. The zero-order valence-corrected chi connectivity index (χ0v) is 28.6. The third-order valence-corrected chi connectivity index (χ3v) is 10.6.